The number of pyridine rings is 1. The van der Waals surface area contributed by atoms with Crippen molar-refractivity contribution in [3.63, 3.8) is 0 Å². The minimum Gasteiger partial charge on any atom is -0.351 e. The number of benzene rings is 2. The minimum absolute atomic E-state index is 0.101. The van der Waals surface area contributed by atoms with Gasteiger partial charge in [0.25, 0.3) is 0 Å². The average molecular weight is 485 g/mol. The highest BCUT2D eigenvalue weighted by atomic mass is 32.2. The number of hydrogen-bond acceptors (Lipinski definition) is 8. The predicted molar refractivity (Wildman–Crippen MR) is 139 cm³/mol. The maximum Gasteiger partial charge on any atom is 0.353 e. The minimum atomic E-state index is -0.398. The summed E-state index contributed by atoms with van der Waals surface area (Å²) < 4.78 is 0. The van der Waals surface area contributed by atoms with Gasteiger partial charge in [-0.3, -0.25) is 10.1 Å². The molecule has 176 valence electrons. The molecule has 3 heterocycles. The van der Waals surface area contributed by atoms with Gasteiger partial charge in [-0.1, -0.05) is 48.5 Å². The van der Waals surface area contributed by atoms with Gasteiger partial charge in [-0.2, -0.15) is 0 Å². The SMILES string of the molecule is O=[N+]([O-])c1c(Nc2ccc(-c3ccccc3)cc2)ncnc1N1CCC(Sc2ccccn2)CC1. The molecule has 0 radical (unpaired) electrons. The van der Waals surface area contributed by atoms with Crippen molar-refractivity contribution in [3.05, 3.63) is 95.4 Å². The molecule has 2 aromatic carbocycles. The summed E-state index contributed by atoms with van der Waals surface area (Å²) in [5, 5.41) is 16.6. The molecular formula is C26H24N6O2S. The van der Waals surface area contributed by atoms with Crippen molar-refractivity contribution in [1.29, 1.82) is 0 Å². The summed E-state index contributed by atoms with van der Waals surface area (Å²) in [7, 11) is 0. The molecule has 1 aliphatic heterocycles. The van der Waals surface area contributed by atoms with E-state index in [9.17, 15) is 10.1 Å². The fourth-order valence-corrected chi connectivity index (χ4v) is 5.21. The van der Waals surface area contributed by atoms with Crippen LogP contribution in [0.15, 0.2) is 90.3 Å². The number of thioether (sulfide) groups is 1. The van der Waals surface area contributed by atoms with Gasteiger partial charge < -0.3 is 10.2 Å². The summed E-state index contributed by atoms with van der Waals surface area (Å²) in [4.78, 5) is 26.5. The highest BCUT2D eigenvalue weighted by molar-refractivity contribution is 7.99. The first kappa shape index (κ1) is 22.8. The van der Waals surface area contributed by atoms with Gasteiger partial charge >= 0.3 is 5.69 Å². The van der Waals surface area contributed by atoms with Crippen LogP contribution in [0.3, 0.4) is 0 Å². The first-order chi connectivity index (χ1) is 17.2. The molecular weight excluding hydrogens is 460 g/mol. The maximum absolute atomic E-state index is 12.1. The van der Waals surface area contributed by atoms with Crippen molar-refractivity contribution in [2.45, 2.75) is 23.1 Å². The number of anilines is 3. The molecule has 5 rings (SSSR count). The van der Waals surface area contributed by atoms with E-state index in [2.05, 4.69) is 20.3 Å². The number of hydrogen-bond donors (Lipinski definition) is 1. The second-order valence-corrected chi connectivity index (χ2v) is 9.51. The third-order valence-corrected chi connectivity index (χ3v) is 7.19. The van der Waals surface area contributed by atoms with Crippen molar-refractivity contribution in [2.75, 3.05) is 23.3 Å². The quantitative estimate of drug-likeness (QED) is 0.254. The molecule has 0 amide bonds. The smallest absolute Gasteiger partial charge is 0.351 e. The summed E-state index contributed by atoms with van der Waals surface area (Å²) in [5.41, 5.74) is 2.80. The number of rotatable bonds is 7. The summed E-state index contributed by atoms with van der Waals surface area (Å²) in [6.07, 6.45) is 4.97. The van der Waals surface area contributed by atoms with Gasteiger partial charge in [-0.05, 0) is 48.2 Å². The molecule has 35 heavy (non-hydrogen) atoms. The van der Waals surface area contributed by atoms with E-state index in [-0.39, 0.29) is 11.5 Å². The van der Waals surface area contributed by atoms with Gasteiger partial charge in [0.05, 0.1) is 9.95 Å². The summed E-state index contributed by atoms with van der Waals surface area (Å²) in [6, 6.07) is 23.7. The average Bonchev–Trinajstić information content (AvgIpc) is 2.90. The molecule has 4 aromatic rings. The number of piperidine rings is 1. The maximum atomic E-state index is 12.1. The van der Waals surface area contributed by atoms with Gasteiger partial charge in [0, 0.05) is 30.2 Å². The van der Waals surface area contributed by atoms with Crippen LogP contribution in [0.4, 0.5) is 23.0 Å². The molecule has 0 bridgehead atoms. The third-order valence-electron chi connectivity index (χ3n) is 5.91. The van der Waals surface area contributed by atoms with E-state index in [1.165, 1.54) is 6.33 Å². The molecule has 9 heteroatoms. The standard InChI is InChI=1S/C26H24N6O2S/c33-32(34)24-25(30-21-11-9-20(10-12-21)19-6-2-1-3-7-19)28-18-29-26(24)31-16-13-22(14-17-31)35-23-8-4-5-15-27-23/h1-12,15,18,22H,13-14,16-17H2,(H,28,29,30). The lowest BCUT2D eigenvalue weighted by atomic mass is 10.1. The Bertz CT molecular complexity index is 1280. The van der Waals surface area contributed by atoms with Crippen LogP contribution in [0.2, 0.25) is 0 Å². The predicted octanol–water partition coefficient (Wildman–Crippen LogP) is 5.95. The third kappa shape index (κ3) is 5.41. The zero-order valence-electron chi connectivity index (χ0n) is 18.9. The fourth-order valence-electron chi connectivity index (χ4n) is 4.15. The second kappa shape index (κ2) is 10.5. The number of nitrogens with one attached hydrogen (secondary N) is 1. The molecule has 0 saturated carbocycles. The van der Waals surface area contributed by atoms with Gasteiger partial charge in [0.2, 0.25) is 11.6 Å². The molecule has 2 aromatic heterocycles. The fraction of sp³-hybridized carbons (Fsp3) is 0.192. The van der Waals surface area contributed by atoms with Crippen LogP contribution in [-0.2, 0) is 0 Å². The molecule has 0 aliphatic carbocycles. The monoisotopic (exact) mass is 484 g/mol. The van der Waals surface area contributed by atoms with Crippen molar-refractivity contribution < 1.29 is 4.92 Å². The normalized spacial score (nSPS) is 14.0. The molecule has 1 aliphatic rings. The van der Waals surface area contributed by atoms with Gasteiger partial charge in [0.1, 0.15) is 6.33 Å². The lowest BCUT2D eigenvalue weighted by Crippen LogP contribution is -2.36. The summed E-state index contributed by atoms with van der Waals surface area (Å²) >= 11 is 1.76. The van der Waals surface area contributed by atoms with E-state index in [0.717, 1.165) is 34.7 Å². The Hall–Kier alpha value is -3.98. The molecule has 1 fully saturated rings. The topological polar surface area (TPSA) is 97.1 Å². The van der Waals surface area contributed by atoms with Crippen molar-refractivity contribution in [3.8, 4) is 11.1 Å². The van der Waals surface area contributed by atoms with Gasteiger partial charge in [0.15, 0.2) is 0 Å². The second-order valence-electron chi connectivity index (χ2n) is 8.19. The van der Waals surface area contributed by atoms with E-state index in [4.69, 9.17) is 0 Å². The lowest BCUT2D eigenvalue weighted by molar-refractivity contribution is -0.383. The molecule has 0 spiro atoms. The molecule has 1 N–H and O–H groups in total. The van der Waals surface area contributed by atoms with E-state index in [1.807, 2.05) is 77.7 Å². The molecule has 1 saturated heterocycles. The van der Waals surface area contributed by atoms with Crippen LogP contribution in [0.1, 0.15) is 12.8 Å². The highest BCUT2D eigenvalue weighted by Crippen LogP contribution is 2.37. The van der Waals surface area contributed by atoms with Crippen molar-refractivity contribution >= 4 is 34.8 Å². The largest absolute Gasteiger partial charge is 0.353 e. The van der Waals surface area contributed by atoms with Crippen LogP contribution < -0.4 is 10.2 Å². The Morgan fingerprint density at radius 2 is 1.60 bits per heavy atom. The molecule has 0 atom stereocenters. The van der Waals surface area contributed by atoms with E-state index in [1.54, 1.807) is 18.0 Å². The molecule has 0 unspecified atom stereocenters. The first-order valence-electron chi connectivity index (χ1n) is 11.4. The van der Waals surface area contributed by atoms with Crippen LogP contribution in [-0.4, -0.2) is 38.2 Å². The van der Waals surface area contributed by atoms with Crippen LogP contribution in [0, 0.1) is 10.1 Å². The Labute approximate surface area is 207 Å². The van der Waals surface area contributed by atoms with Crippen LogP contribution in [0.25, 0.3) is 11.1 Å². The molecule has 8 nitrogen and oxygen atoms in total. The first-order valence-corrected chi connectivity index (χ1v) is 12.3. The Balaban J connectivity index is 1.31. The summed E-state index contributed by atoms with van der Waals surface area (Å²) in [6.45, 7) is 1.38. The van der Waals surface area contributed by atoms with Crippen LogP contribution in [0.5, 0.6) is 0 Å². The number of nitro groups is 1. The van der Waals surface area contributed by atoms with E-state index in [0.29, 0.717) is 24.2 Å². The number of aromatic nitrogens is 3. The zero-order chi connectivity index (χ0) is 24.0. The van der Waals surface area contributed by atoms with Crippen molar-refractivity contribution in [2.24, 2.45) is 0 Å². The van der Waals surface area contributed by atoms with Gasteiger partial charge in [-0.15, -0.1) is 11.8 Å². The highest BCUT2D eigenvalue weighted by Gasteiger charge is 2.30. The number of nitrogens with zero attached hydrogens (tertiary/aromatic N) is 5. The Kier molecular flexibility index (Phi) is 6.85. The lowest BCUT2D eigenvalue weighted by Gasteiger charge is -2.32. The van der Waals surface area contributed by atoms with Crippen LogP contribution >= 0.6 is 11.8 Å². The Morgan fingerprint density at radius 1 is 0.886 bits per heavy atom. The zero-order valence-corrected chi connectivity index (χ0v) is 19.8. The summed E-state index contributed by atoms with van der Waals surface area (Å²) in [5.74, 6) is 0.548. The van der Waals surface area contributed by atoms with E-state index < -0.39 is 4.92 Å². The van der Waals surface area contributed by atoms with Gasteiger partial charge in [-0.25, -0.2) is 15.0 Å². The van der Waals surface area contributed by atoms with Crippen molar-refractivity contribution in [1.82, 2.24) is 15.0 Å². The Morgan fingerprint density at radius 3 is 2.29 bits per heavy atom. The van der Waals surface area contributed by atoms with E-state index >= 15 is 0 Å².